The Hall–Kier alpha value is -4.28. The number of hydrogen-bond donors (Lipinski definition) is 1. The van der Waals surface area contributed by atoms with Gasteiger partial charge in [-0.25, -0.2) is 14.8 Å². The van der Waals surface area contributed by atoms with Crippen LogP contribution in [0.3, 0.4) is 0 Å². The van der Waals surface area contributed by atoms with Crippen molar-refractivity contribution in [1.29, 1.82) is 0 Å². The Morgan fingerprint density at radius 3 is 1.98 bits per heavy atom. The number of benzene rings is 2. The van der Waals surface area contributed by atoms with E-state index in [1.54, 1.807) is 6.92 Å². The van der Waals surface area contributed by atoms with E-state index in [9.17, 15) is 49.4 Å². The van der Waals surface area contributed by atoms with Gasteiger partial charge in [-0.3, -0.25) is 4.90 Å². The molecule has 254 valence electrons. The topological polar surface area (TPSA) is 82.0 Å². The molecule has 2 aliphatic rings. The van der Waals surface area contributed by atoms with E-state index in [-0.39, 0.29) is 36.1 Å². The maximum atomic E-state index is 13.9. The normalized spacial score (nSPS) is 19.0. The van der Waals surface area contributed by atoms with E-state index < -0.39 is 65.5 Å². The molecule has 1 amide bonds. The Bertz CT molecular complexity index is 1560. The second-order valence-corrected chi connectivity index (χ2v) is 11.1. The summed E-state index contributed by atoms with van der Waals surface area (Å²) in [5.74, 6) is -0.194. The number of aromatic nitrogens is 2. The number of carbonyl (C=O) groups is 1. The molecule has 3 aromatic rings. The third kappa shape index (κ3) is 7.34. The molecule has 8 nitrogen and oxygen atoms in total. The molecule has 1 fully saturated rings. The summed E-state index contributed by atoms with van der Waals surface area (Å²) in [5, 5.41) is 10.00. The lowest BCUT2D eigenvalue weighted by atomic mass is 9.87. The van der Waals surface area contributed by atoms with Crippen LogP contribution in [-0.4, -0.2) is 53.5 Å². The van der Waals surface area contributed by atoms with Gasteiger partial charge in [-0.15, -0.1) is 0 Å². The van der Waals surface area contributed by atoms with Gasteiger partial charge in [-0.2, -0.15) is 39.5 Å². The average Bonchev–Trinajstić information content (AvgIpc) is 3.01. The number of carboxylic acid groups (broad SMARTS) is 1. The molecule has 1 N–H and O–H groups in total. The van der Waals surface area contributed by atoms with Crippen molar-refractivity contribution >= 4 is 23.4 Å². The summed E-state index contributed by atoms with van der Waals surface area (Å²) in [6.07, 6.45) is -13.8. The predicted octanol–water partition coefficient (Wildman–Crippen LogP) is 7.78. The van der Waals surface area contributed by atoms with Crippen LogP contribution in [0.25, 0.3) is 0 Å². The van der Waals surface area contributed by atoms with Crippen LogP contribution in [0.4, 0.5) is 61.6 Å². The minimum absolute atomic E-state index is 0.0230. The highest BCUT2D eigenvalue weighted by Crippen LogP contribution is 2.46. The minimum Gasteiger partial charge on any atom is -0.465 e. The van der Waals surface area contributed by atoms with Crippen LogP contribution < -0.4 is 14.7 Å². The van der Waals surface area contributed by atoms with Crippen molar-refractivity contribution in [2.75, 3.05) is 41.0 Å². The van der Waals surface area contributed by atoms with Crippen LogP contribution in [0.1, 0.15) is 53.6 Å². The van der Waals surface area contributed by atoms with Gasteiger partial charge in [0.1, 0.15) is 0 Å². The highest BCUT2D eigenvalue weighted by atomic mass is 19.4. The standard InChI is InChI=1S/C30H28F9N5O3/c1-2-21-13-25(23-12-18(28(31,32)33)3-4-24(23)44(21)27(45)46)43(26-40-14-22(15-41-26)42-5-7-47-8-6-42)16-17-9-19(29(34,35)36)11-20(10-17)30(37,38)39/h3-4,9-12,14-15,21,25H,2,5-8,13,16H2,1H3,(H,45,46)/t21-,25+/m1/s1. The van der Waals surface area contributed by atoms with Gasteiger partial charge in [0, 0.05) is 25.7 Å². The molecule has 3 heterocycles. The summed E-state index contributed by atoms with van der Waals surface area (Å²) in [5.41, 5.74) is -4.45. The Morgan fingerprint density at radius 1 is 0.894 bits per heavy atom. The molecular formula is C30H28F9N5O3. The predicted molar refractivity (Wildman–Crippen MR) is 151 cm³/mol. The number of anilines is 3. The smallest absolute Gasteiger partial charge is 0.416 e. The minimum atomic E-state index is -5.15. The SMILES string of the molecule is CC[C@@H]1C[C@H](N(Cc2cc(C(F)(F)F)cc(C(F)(F)F)c2)c2ncc(N3CCOCC3)cn2)c2cc(C(F)(F)F)ccc2N1C(=O)O. The molecule has 0 saturated carbocycles. The third-order valence-corrected chi connectivity index (χ3v) is 8.15. The lowest BCUT2D eigenvalue weighted by molar-refractivity contribution is -0.143. The average molecular weight is 678 g/mol. The Morgan fingerprint density at radius 2 is 1.47 bits per heavy atom. The van der Waals surface area contributed by atoms with Gasteiger partial charge in [-0.05, 0) is 60.4 Å². The largest absolute Gasteiger partial charge is 0.465 e. The van der Waals surface area contributed by atoms with E-state index in [1.165, 1.54) is 17.3 Å². The number of amides is 1. The monoisotopic (exact) mass is 677 g/mol. The van der Waals surface area contributed by atoms with Crippen molar-refractivity contribution in [2.24, 2.45) is 0 Å². The summed E-state index contributed by atoms with van der Waals surface area (Å²) in [4.78, 5) is 25.0. The van der Waals surface area contributed by atoms with Crippen molar-refractivity contribution in [3.63, 3.8) is 0 Å². The highest BCUT2D eigenvalue weighted by molar-refractivity contribution is 5.89. The number of alkyl halides is 9. The fraction of sp³-hybridized carbons (Fsp3) is 0.433. The van der Waals surface area contributed by atoms with Crippen LogP contribution in [0.5, 0.6) is 0 Å². The molecule has 17 heteroatoms. The number of halogens is 9. The summed E-state index contributed by atoms with van der Waals surface area (Å²) in [6.45, 7) is 2.79. The Labute approximate surface area is 262 Å². The van der Waals surface area contributed by atoms with Crippen molar-refractivity contribution in [3.8, 4) is 0 Å². The number of ether oxygens (including phenoxy) is 1. The number of rotatable bonds is 6. The number of hydrogen-bond acceptors (Lipinski definition) is 6. The molecule has 2 atom stereocenters. The molecule has 1 aromatic heterocycles. The van der Waals surface area contributed by atoms with E-state index in [0.717, 1.165) is 17.0 Å². The van der Waals surface area contributed by atoms with Gasteiger partial charge in [-0.1, -0.05) is 6.92 Å². The molecule has 0 radical (unpaired) electrons. The molecule has 0 spiro atoms. The van der Waals surface area contributed by atoms with Crippen molar-refractivity contribution in [3.05, 3.63) is 76.6 Å². The van der Waals surface area contributed by atoms with Crippen molar-refractivity contribution in [1.82, 2.24) is 9.97 Å². The lowest BCUT2D eigenvalue weighted by Crippen LogP contribution is -2.47. The fourth-order valence-corrected chi connectivity index (χ4v) is 5.88. The van der Waals surface area contributed by atoms with Crippen LogP contribution in [0.2, 0.25) is 0 Å². The van der Waals surface area contributed by atoms with E-state index in [2.05, 4.69) is 9.97 Å². The lowest BCUT2D eigenvalue weighted by Gasteiger charge is -2.43. The summed E-state index contributed by atoms with van der Waals surface area (Å²) < 4.78 is 130. The molecule has 0 bridgehead atoms. The van der Waals surface area contributed by atoms with Crippen molar-refractivity contribution in [2.45, 2.75) is 56.9 Å². The zero-order valence-electron chi connectivity index (χ0n) is 24.6. The summed E-state index contributed by atoms with van der Waals surface area (Å²) in [7, 11) is 0. The van der Waals surface area contributed by atoms with E-state index in [0.29, 0.717) is 50.2 Å². The molecule has 1 saturated heterocycles. The third-order valence-electron chi connectivity index (χ3n) is 8.15. The zero-order chi connectivity index (χ0) is 34.3. The first-order chi connectivity index (χ1) is 22.0. The molecule has 47 heavy (non-hydrogen) atoms. The first-order valence-electron chi connectivity index (χ1n) is 14.4. The summed E-state index contributed by atoms with van der Waals surface area (Å²) >= 11 is 0. The highest BCUT2D eigenvalue weighted by Gasteiger charge is 2.42. The molecule has 0 unspecified atom stereocenters. The van der Waals surface area contributed by atoms with E-state index >= 15 is 0 Å². The quantitative estimate of drug-likeness (QED) is 0.267. The Kier molecular flexibility index (Phi) is 9.23. The Balaban J connectivity index is 1.69. The second-order valence-electron chi connectivity index (χ2n) is 11.1. The van der Waals surface area contributed by atoms with Crippen molar-refractivity contribution < 1.29 is 54.2 Å². The van der Waals surface area contributed by atoms with Gasteiger partial charge in [0.2, 0.25) is 5.95 Å². The first-order valence-corrected chi connectivity index (χ1v) is 14.4. The second kappa shape index (κ2) is 12.7. The van der Waals surface area contributed by atoms with Gasteiger partial charge in [0.15, 0.2) is 0 Å². The maximum Gasteiger partial charge on any atom is 0.416 e. The molecule has 5 rings (SSSR count). The number of nitrogens with zero attached hydrogens (tertiary/aromatic N) is 5. The number of fused-ring (bicyclic) bond motifs is 1. The zero-order valence-corrected chi connectivity index (χ0v) is 24.6. The molecular weight excluding hydrogens is 649 g/mol. The van der Waals surface area contributed by atoms with E-state index in [1.807, 2.05) is 4.90 Å². The molecule has 2 aliphatic heterocycles. The van der Waals surface area contributed by atoms with Gasteiger partial charge in [0.05, 0.1) is 59.7 Å². The first kappa shape index (κ1) is 34.1. The van der Waals surface area contributed by atoms with Crippen LogP contribution in [0.15, 0.2) is 48.8 Å². The van der Waals surface area contributed by atoms with E-state index in [4.69, 9.17) is 4.74 Å². The summed E-state index contributed by atoms with van der Waals surface area (Å²) in [6, 6.07) is 1.48. The van der Waals surface area contributed by atoms with Gasteiger partial charge in [0.25, 0.3) is 0 Å². The molecule has 0 aliphatic carbocycles. The molecule has 2 aromatic carbocycles. The maximum absolute atomic E-state index is 13.9. The van der Waals surface area contributed by atoms with Crippen LogP contribution in [0, 0.1) is 0 Å². The van der Waals surface area contributed by atoms with Crippen LogP contribution >= 0.6 is 0 Å². The van der Waals surface area contributed by atoms with Gasteiger partial charge < -0.3 is 19.6 Å². The fourth-order valence-electron chi connectivity index (χ4n) is 5.88. The van der Waals surface area contributed by atoms with Crippen LogP contribution in [-0.2, 0) is 29.8 Å². The number of morpholine rings is 1. The van der Waals surface area contributed by atoms with Gasteiger partial charge >= 0.3 is 24.6 Å².